The van der Waals surface area contributed by atoms with Crippen LogP contribution in [-0.2, 0) is 0 Å². The summed E-state index contributed by atoms with van der Waals surface area (Å²) in [5, 5.41) is 2.82. The van der Waals surface area contributed by atoms with Crippen LogP contribution >= 0.6 is 0 Å². The number of anilines is 1. The number of pyridine rings is 1. The smallest absolute Gasteiger partial charge is 0.269 e. The van der Waals surface area contributed by atoms with Gasteiger partial charge in [0, 0.05) is 44.6 Å². The maximum atomic E-state index is 12.1. The van der Waals surface area contributed by atoms with Crippen LogP contribution in [0.3, 0.4) is 0 Å². The number of rotatable bonds is 6. The summed E-state index contributed by atoms with van der Waals surface area (Å²) in [6.07, 6.45) is 1.73. The van der Waals surface area contributed by atoms with Crippen LogP contribution in [0.5, 0.6) is 0 Å². The molecule has 5 heteroatoms. The second-order valence-electron chi connectivity index (χ2n) is 7.51. The molecule has 1 amide bonds. The van der Waals surface area contributed by atoms with Crippen molar-refractivity contribution in [1.29, 1.82) is 0 Å². The monoisotopic (exact) mass is 400 g/mol. The van der Waals surface area contributed by atoms with Gasteiger partial charge in [-0.1, -0.05) is 60.7 Å². The molecule has 0 bridgehead atoms. The van der Waals surface area contributed by atoms with E-state index < -0.39 is 0 Å². The number of aromatic nitrogens is 1. The highest BCUT2D eigenvalue weighted by molar-refractivity contribution is 5.93. The molecule has 1 aromatic heterocycles. The summed E-state index contributed by atoms with van der Waals surface area (Å²) in [6, 6.07) is 25.6. The summed E-state index contributed by atoms with van der Waals surface area (Å²) >= 11 is 0. The van der Waals surface area contributed by atoms with Gasteiger partial charge >= 0.3 is 0 Å². The largest absolute Gasteiger partial charge is 0.369 e. The Labute approximate surface area is 178 Å². The van der Waals surface area contributed by atoms with E-state index in [1.54, 1.807) is 6.20 Å². The van der Waals surface area contributed by atoms with Crippen molar-refractivity contribution >= 4 is 11.6 Å². The molecule has 1 aliphatic rings. The van der Waals surface area contributed by atoms with Gasteiger partial charge in [-0.2, -0.15) is 0 Å². The zero-order valence-corrected chi connectivity index (χ0v) is 17.4. The molecule has 1 fully saturated rings. The Morgan fingerprint density at radius 1 is 0.933 bits per heavy atom. The van der Waals surface area contributed by atoms with Gasteiger partial charge < -0.3 is 10.2 Å². The number of nitrogens with one attached hydrogen (secondary N) is 1. The molecule has 0 spiro atoms. The molecule has 1 saturated heterocycles. The Balaban J connectivity index is 1.50. The number of piperazine rings is 1. The molecule has 0 atom stereocenters. The van der Waals surface area contributed by atoms with Crippen molar-refractivity contribution in [3.05, 3.63) is 95.8 Å². The van der Waals surface area contributed by atoms with Crippen molar-refractivity contribution in [3.8, 4) is 0 Å². The third-order valence-electron chi connectivity index (χ3n) is 5.59. The first-order valence-electron chi connectivity index (χ1n) is 10.6. The quantitative estimate of drug-likeness (QED) is 0.685. The van der Waals surface area contributed by atoms with Crippen molar-refractivity contribution in [2.75, 3.05) is 37.6 Å². The normalized spacial score (nSPS) is 14.7. The molecule has 0 aliphatic carbocycles. The summed E-state index contributed by atoms with van der Waals surface area (Å²) in [6.45, 7) is 6.24. The van der Waals surface area contributed by atoms with Gasteiger partial charge in [-0.15, -0.1) is 0 Å². The SMILES string of the molecule is CCNC(=O)c1cc(N2CCN(C(c3ccccc3)c3ccccc3)CC2)ccn1. The topological polar surface area (TPSA) is 48.5 Å². The highest BCUT2D eigenvalue weighted by atomic mass is 16.1. The molecule has 1 N–H and O–H groups in total. The average Bonchev–Trinajstić information content (AvgIpc) is 2.81. The third kappa shape index (κ3) is 4.52. The summed E-state index contributed by atoms with van der Waals surface area (Å²) in [5.74, 6) is -0.119. The number of hydrogen-bond donors (Lipinski definition) is 1. The lowest BCUT2D eigenvalue weighted by atomic mass is 9.96. The zero-order valence-electron chi connectivity index (χ0n) is 17.4. The molecule has 2 heterocycles. The van der Waals surface area contributed by atoms with Crippen LogP contribution in [0.1, 0.15) is 34.6 Å². The predicted octanol–water partition coefficient (Wildman–Crippen LogP) is 3.74. The average molecular weight is 401 g/mol. The van der Waals surface area contributed by atoms with Gasteiger partial charge in [0.2, 0.25) is 0 Å². The Kier molecular flexibility index (Phi) is 6.40. The lowest BCUT2D eigenvalue weighted by Gasteiger charge is -2.40. The fourth-order valence-corrected chi connectivity index (χ4v) is 4.11. The minimum absolute atomic E-state index is 0.119. The number of amides is 1. The molecule has 2 aromatic carbocycles. The first-order valence-corrected chi connectivity index (χ1v) is 10.6. The van der Waals surface area contributed by atoms with Gasteiger partial charge in [0.1, 0.15) is 5.69 Å². The van der Waals surface area contributed by atoms with Crippen LogP contribution in [0.25, 0.3) is 0 Å². The van der Waals surface area contributed by atoms with E-state index in [0.717, 1.165) is 31.9 Å². The van der Waals surface area contributed by atoms with Crippen molar-refractivity contribution in [3.63, 3.8) is 0 Å². The minimum Gasteiger partial charge on any atom is -0.369 e. The molecule has 3 aromatic rings. The van der Waals surface area contributed by atoms with Gasteiger partial charge in [0.05, 0.1) is 6.04 Å². The minimum atomic E-state index is -0.119. The lowest BCUT2D eigenvalue weighted by Crippen LogP contribution is -2.48. The number of carbonyl (C=O) groups is 1. The van der Waals surface area contributed by atoms with Crippen LogP contribution in [0.2, 0.25) is 0 Å². The van der Waals surface area contributed by atoms with E-state index >= 15 is 0 Å². The fraction of sp³-hybridized carbons (Fsp3) is 0.280. The predicted molar refractivity (Wildman–Crippen MR) is 121 cm³/mol. The lowest BCUT2D eigenvalue weighted by molar-refractivity contribution is 0.0951. The van der Waals surface area contributed by atoms with E-state index in [9.17, 15) is 4.79 Å². The van der Waals surface area contributed by atoms with Crippen LogP contribution in [0.15, 0.2) is 79.0 Å². The third-order valence-corrected chi connectivity index (χ3v) is 5.59. The molecule has 0 unspecified atom stereocenters. The molecule has 5 nitrogen and oxygen atoms in total. The molecular weight excluding hydrogens is 372 g/mol. The van der Waals surface area contributed by atoms with Crippen molar-refractivity contribution < 1.29 is 4.79 Å². The van der Waals surface area contributed by atoms with Crippen LogP contribution in [0.4, 0.5) is 5.69 Å². The van der Waals surface area contributed by atoms with Crippen molar-refractivity contribution in [2.24, 2.45) is 0 Å². The van der Waals surface area contributed by atoms with Gasteiger partial charge in [-0.3, -0.25) is 14.7 Å². The van der Waals surface area contributed by atoms with Crippen LogP contribution in [-0.4, -0.2) is 48.5 Å². The molecule has 0 radical (unpaired) electrons. The highest BCUT2D eigenvalue weighted by Crippen LogP contribution is 2.30. The Bertz CT molecular complexity index is 914. The van der Waals surface area contributed by atoms with Gasteiger partial charge in [0.25, 0.3) is 5.91 Å². The molecule has 4 rings (SSSR count). The maximum absolute atomic E-state index is 12.1. The van der Waals surface area contributed by atoms with E-state index in [1.165, 1.54) is 11.1 Å². The van der Waals surface area contributed by atoms with E-state index in [4.69, 9.17) is 0 Å². The standard InChI is InChI=1S/C25H28N4O/c1-2-26-25(30)23-19-22(13-14-27-23)28-15-17-29(18-16-28)24(20-9-5-3-6-10-20)21-11-7-4-8-12-21/h3-14,19,24H,2,15-18H2,1H3,(H,26,30). The summed E-state index contributed by atoms with van der Waals surface area (Å²) in [5.41, 5.74) is 4.17. The van der Waals surface area contributed by atoms with E-state index in [1.807, 2.05) is 19.1 Å². The Morgan fingerprint density at radius 2 is 1.53 bits per heavy atom. The van der Waals surface area contributed by atoms with E-state index in [-0.39, 0.29) is 11.9 Å². The second-order valence-corrected chi connectivity index (χ2v) is 7.51. The van der Waals surface area contributed by atoms with Crippen molar-refractivity contribution in [2.45, 2.75) is 13.0 Å². The fourth-order valence-electron chi connectivity index (χ4n) is 4.11. The molecule has 0 saturated carbocycles. The highest BCUT2D eigenvalue weighted by Gasteiger charge is 2.26. The number of benzene rings is 2. The zero-order chi connectivity index (χ0) is 20.8. The molecule has 1 aliphatic heterocycles. The summed E-state index contributed by atoms with van der Waals surface area (Å²) in [7, 11) is 0. The number of hydrogen-bond acceptors (Lipinski definition) is 4. The first-order chi connectivity index (χ1) is 14.8. The van der Waals surface area contributed by atoms with Gasteiger partial charge in [-0.05, 0) is 30.2 Å². The number of carbonyl (C=O) groups excluding carboxylic acids is 1. The Morgan fingerprint density at radius 3 is 2.10 bits per heavy atom. The first kappa shape index (κ1) is 20.1. The van der Waals surface area contributed by atoms with Gasteiger partial charge in [-0.25, -0.2) is 0 Å². The second kappa shape index (κ2) is 9.55. The summed E-state index contributed by atoms with van der Waals surface area (Å²) < 4.78 is 0. The van der Waals surface area contributed by atoms with Crippen molar-refractivity contribution in [1.82, 2.24) is 15.2 Å². The number of nitrogens with zero attached hydrogens (tertiary/aromatic N) is 3. The Hall–Kier alpha value is -3.18. The summed E-state index contributed by atoms with van der Waals surface area (Å²) in [4.78, 5) is 21.3. The van der Waals surface area contributed by atoms with E-state index in [2.05, 4.69) is 80.8 Å². The van der Waals surface area contributed by atoms with Crippen LogP contribution < -0.4 is 10.2 Å². The van der Waals surface area contributed by atoms with Gasteiger partial charge in [0.15, 0.2) is 0 Å². The van der Waals surface area contributed by atoms with E-state index in [0.29, 0.717) is 12.2 Å². The molecule has 154 valence electrons. The van der Waals surface area contributed by atoms with Crippen LogP contribution in [0, 0.1) is 0 Å². The molecular formula is C25H28N4O. The molecule has 30 heavy (non-hydrogen) atoms. The maximum Gasteiger partial charge on any atom is 0.269 e.